The average molecular weight is 835 g/mol. The largest absolute Gasteiger partial charge is 0.507 e. The Morgan fingerprint density at radius 2 is 0.903 bits per heavy atom. The van der Waals surface area contributed by atoms with Gasteiger partial charge in [0.2, 0.25) is 0 Å². The van der Waals surface area contributed by atoms with Gasteiger partial charge in [-0.05, 0) is 92.7 Å². The molecule has 8 N–H and O–H groups in total. The number of nitrogens with one attached hydrogen (secondary N) is 2. The first-order valence-corrected chi connectivity index (χ1v) is 19.5. The van der Waals surface area contributed by atoms with Gasteiger partial charge in [0.15, 0.2) is 23.0 Å². The van der Waals surface area contributed by atoms with Gasteiger partial charge in [0, 0.05) is 33.0 Å². The van der Waals surface area contributed by atoms with E-state index in [4.69, 9.17) is 0 Å². The molecule has 2 heterocycles. The van der Waals surface area contributed by atoms with E-state index < -0.39 is 11.5 Å². The summed E-state index contributed by atoms with van der Waals surface area (Å²) in [7, 11) is 0. The fraction of sp³-hybridized carbons (Fsp3) is 0.182. The lowest BCUT2D eigenvalue weighted by atomic mass is 9.83. The van der Waals surface area contributed by atoms with Crippen LogP contribution in [0.4, 0.5) is 11.9 Å². The zero-order valence-electron chi connectivity index (χ0n) is 34.4. The molecule has 0 bridgehead atoms. The summed E-state index contributed by atoms with van der Waals surface area (Å²) in [6, 6.07) is 21.8. The predicted molar refractivity (Wildman–Crippen MR) is 235 cm³/mol. The molecule has 0 radical (unpaired) electrons. The molecule has 0 saturated carbocycles. The molecule has 2 aromatic heterocycles. The molecule has 8 rings (SSSR count). The van der Waals surface area contributed by atoms with Crippen molar-refractivity contribution in [3.63, 3.8) is 0 Å². The summed E-state index contributed by atoms with van der Waals surface area (Å²) >= 11 is 0. The summed E-state index contributed by atoms with van der Waals surface area (Å²) in [6.45, 7) is 10.9. The molecule has 6 aromatic carbocycles. The van der Waals surface area contributed by atoms with E-state index >= 15 is 0 Å². The van der Waals surface area contributed by atoms with Crippen molar-refractivity contribution in [2.75, 3.05) is 10.9 Å². The highest BCUT2D eigenvalue weighted by atomic mass is 16.3. The van der Waals surface area contributed by atoms with Gasteiger partial charge in [-0.1, -0.05) is 86.4 Å². The van der Waals surface area contributed by atoms with Crippen molar-refractivity contribution >= 4 is 45.9 Å². The van der Waals surface area contributed by atoms with Crippen LogP contribution in [0.2, 0.25) is 0 Å². The van der Waals surface area contributed by atoms with Crippen LogP contribution in [-0.4, -0.2) is 83.5 Å². The minimum atomic E-state index is -0.537. The lowest BCUT2D eigenvalue weighted by Crippen LogP contribution is -2.04. The van der Waals surface area contributed by atoms with Crippen LogP contribution in [0, 0.1) is 13.8 Å². The Balaban J connectivity index is 1.31. The smallest absolute Gasteiger partial charge is 0.268 e. The molecule has 0 saturated heterocycles. The maximum Gasteiger partial charge on any atom is 0.268 e. The maximum absolute atomic E-state index is 12.5. The summed E-state index contributed by atoms with van der Waals surface area (Å²) in [6.07, 6.45) is 2.48. The third-order valence-electron chi connectivity index (χ3n) is 10.6. The molecule has 0 amide bonds. The van der Waals surface area contributed by atoms with E-state index in [2.05, 4.69) is 52.1 Å². The standard InChI is InChI=1S/C44H42N12O6/c1-21(2)31-27-17-23(5)33(39(59)35(27)29(37(57)41(31)61)19-45-47-43-49-51-53-55(43)25-13-9-7-10-14-25)34-24(6)18-28-32(22(3)4)42(62)38(58)30(36(28)40(34)60)20-46-48-44-50-52-54-56(44)26-15-11-8-12-16-26/h7-22,57-62H,1-6H3,(H,47,49,53)(H,48,50,54). The molecule has 0 atom stereocenters. The summed E-state index contributed by atoms with van der Waals surface area (Å²) in [4.78, 5) is 0. The van der Waals surface area contributed by atoms with Gasteiger partial charge in [-0.15, -0.1) is 0 Å². The van der Waals surface area contributed by atoms with Gasteiger partial charge in [0.1, 0.15) is 11.5 Å². The van der Waals surface area contributed by atoms with Crippen LogP contribution in [0.25, 0.3) is 44.0 Å². The van der Waals surface area contributed by atoms with Gasteiger partial charge in [0.25, 0.3) is 11.9 Å². The first kappa shape index (κ1) is 40.5. The van der Waals surface area contributed by atoms with Crippen molar-refractivity contribution < 1.29 is 30.6 Å². The molecule has 0 unspecified atom stereocenters. The van der Waals surface area contributed by atoms with E-state index in [-0.39, 0.29) is 79.8 Å². The highest BCUT2D eigenvalue weighted by molar-refractivity contribution is 6.15. The summed E-state index contributed by atoms with van der Waals surface area (Å²) in [5.74, 6) is -2.81. The highest BCUT2D eigenvalue weighted by Crippen LogP contribution is 2.54. The van der Waals surface area contributed by atoms with Crippen LogP contribution >= 0.6 is 0 Å². The molecule has 0 aliphatic carbocycles. The molecule has 18 nitrogen and oxygen atoms in total. The Morgan fingerprint density at radius 3 is 1.26 bits per heavy atom. The van der Waals surface area contributed by atoms with Gasteiger partial charge in [-0.2, -0.15) is 19.6 Å². The molecular formula is C44H42N12O6. The highest BCUT2D eigenvalue weighted by Gasteiger charge is 2.30. The number of phenols is 6. The summed E-state index contributed by atoms with van der Waals surface area (Å²) in [5, 5.41) is 104. The van der Waals surface area contributed by atoms with Gasteiger partial charge < -0.3 is 30.6 Å². The van der Waals surface area contributed by atoms with E-state index in [1.54, 1.807) is 50.2 Å². The second-order valence-corrected chi connectivity index (χ2v) is 15.3. The molecule has 0 fully saturated rings. The number of rotatable bonds is 11. The van der Waals surface area contributed by atoms with Crippen molar-refractivity contribution in [3.05, 3.63) is 106 Å². The zero-order chi connectivity index (χ0) is 44.0. The van der Waals surface area contributed by atoms with Crippen molar-refractivity contribution in [1.29, 1.82) is 0 Å². The number of para-hydroxylation sites is 2. The number of aromatic hydroxyl groups is 6. The van der Waals surface area contributed by atoms with Crippen molar-refractivity contribution in [1.82, 2.24) is 40.4 Å². The number of anilines is 2. The Hall–Kier alpha value is -8.28. The second kappa shape index (κ2) is 16.1. The number of hydrogen-bond donors (Lipinski definition) is 8. The van der Waals surface area contributed by atoms with Gasteiger partial charge in [0.05, 0.1) is 34.9 Å². The van der Waals surface area contributed by atoms with E-state index in [1.807, 2.05) is 64.1 Å². The first-order valence-electron chi connectivity index (χ1n) is 19.5. The SMILES string of the molecule is Cc1cc2c(C(C)C)c(O)c(O)c(C=NNc3nnnn3-c3ccccc3)c2c(O)c1-c1c(C)cc2c(C(C)C)c(O)c(O)c(C=NNc3nnnn3-c3ccccc3)c2c1O. The van der Waals surface area contributed by atoms with Gasteiger partial charge >= 0.3 is 0 Å². The zero-order valence-corrected chi connectivity index (χ0v) is 34.4. The molecular weight excluding hydrogens is 793 g/mol. The Bertz CT molecular complexity index is 2860. The molecule has 62 heavy (non-hydrogen) atoms. The van der Waals surface area contributed by atoms with Crippen LogP contribution in [-0.2, 0) is 0 Å². The quantitative estimate of drug-likeness (QED) is 0.0355. The fourth-order valence-electron chi connectivity index (χ4n) is 7.93. The topological polar surface area (TPSA) is 257 Å². The lowest BCUT2D eigenvalue weighted by Gasteiger charge is -2.23. The van der Waals surface area contributed by atoms with Crippen LogP contribution in [0.1, 0.15) is 72.9 Å². The molecule has 314 valence electrons. The van der Waals surface area contributed by atoms with Crippen molar-refractivity contribution in [3.8, 4) is 57.0 Å². The lowest BCUT2D eigenvalue weighted by molar-refractivity contribution is 0.398. The number of hydrogen-bond acceptors (Lipinski definition) is 16. The number of hydrazone groups is 2. The van der Waals surface area contributed by atoms with Crippen molar-refractivity contribution in [2.24, 2.45) is 10.2 Å². The van der Waals surface area contributed by atoms with Gasteiger partial charge in [-0.25, -0.2) is 10.9 Å². The number of nitrogens with zero attached hydrogens (tertiary/aromatic N) is 10. The number of tetrazole rings is 2. The van der Waals surface area contributed by atoms with Crippen molar-refractivity contribution in [2.45, 2.75) is 53.4 Å². The minimum Gasteiger partial charge on any atom is -0.507 e. The number of benzene rings is 6. The maximum atomic E-state index is 12.5. The summed E-state index contributed by atoms with van der Waals surface area (Å²) < 4.78 is 2.84. The van der Waals surface area contributed by atoms with Crippen LogP contribution < -0.4 is 10.9 Å². The predicted octanol–water partition coefficient (Wildman–Crippen LogP) is 7.60. The Morgan fingerprint density at radius 1 is 0.532 bits per heavy atom. The molecule has 18 heteroatoms. The third-order valence-corrected chi connectivity index (χ3v) is 10.6. The monoisotopic (exact) mass is 834 g/mol. The fourth-order valence-corrected chi connectivity index (χ4v) is 7.93. The van der Waals surface area contributed by atoms with Crippen LogP contribution in [0.5, 0.6) is 34.5 Å². The Labute approximate surface area is 353 Å². The number of phenolic OH excluding ortho intramolecular Hbond substituents is 6. The molecule has 8 aromatic rings. The molecule has 0 spiro atoms. The molecule has 0 aliphatic rings. The van der Waals surface area contributed by atoms with E-state index in [0.717, 1.165) is 0 Å². The number of fused-ring (bicyclic) bond motifs is 2. The number of aryl methyl sites for hydroxylation is 2. The summed E-state index contributed by atoms with van der Waals surface area (Å²) in [5.41, 5.74) is 8.99. The number of aromatic nitrogens is 8. The molecule has 0 aliphatic heterocycles. The third kappa shape index (κ3) is 6.82. The normalized spacial score (nSPS) is 11.9. The van der Waals surface area contributed by atoms with E-state index in [1.165, 1.54) is 21.8 Å². The van der Waals surface area contributed by atoms with Crippen LogP contribution in [0.15, 0.2) is 83.0 Å². The van der Waals surface area contributed by atoms with Gasteiger partial charge in [-0.3, -0.25) is 0 Å². The Kier molecular flexibility index (Phi) is 10.5. The first-order chi connectivity index (χ1) is 29.8. The van der Waals surface area contributed by atoms with E-state index in [9.17, 15) is 30.6 Å². The average Bonchev–Trinajstić information content (AvgIpc) is 3.92. The van der Waals surface area contributed by atoms with E-state index in [0.29, 0.717) is 44.4 Å². The second-order valence-electron chi connectivity index (χ2n) is 15.3. The minimum absolute atomic E-state index is 0.0359. The van der Waals surface area contributed by atoms with Crippen LogP contribution in [0.3, 0.4) is 0 Å².